The summed E-state index contributed by atoms with van der Waals surface area (Å²) in [5.74, 6) is -0.563. The van der Waals surface area contributed by atoms with Crippen molar-refractivity contribution in [1.82, 2.24) is 9.88 Å². The third-order valence-electron chi connectivity index (χ3n) is 3.69. The molecule has 0 aliphatic heterocycles. The number of benzene rings is 1. The Balaban J connectivity index is 2.21. The maximum Gasteiger partial charge on any atom is 0.274 e. The van der Waals surface area contributed by atoms with Gasteiger partial charge in [-0.15, -0.1) is 0 Å². The van der Waals surface area contributed by atoms with Gasteiger partial charge in [0.25, 0.3) is 11.8 Å². The number of halogens is 2. The van der Waals surface area contributed by atoms with Crippen molar-refractivity contribution in [3.05, 3.63) is 57.8 Å². The zero-order chi connectivity index (χ0) is 19.1. The Labute approximate surface area is 163 Å². The number of nitrogens with one attached hydrogen (secondary N) is 1. The number of hydrogen-bond acceptors (Lipinski definition) is 3. The standard InChI is InChI=1S/C19H21Cl2N3O2/c1-3-9-24(10-4-2)19(26)13-7-8-22-17(11-13)18(25)23-16-12-14(20)5-6-15(16)21/h5-8,11-12H,3-4,9-10H2,1-2H3,(H,23,25). The first-order valence-corrected chi connectivity index (χ1v) is 9.23. The van der Waals surface area contributed by atoms with E-state index in [1.54, 1.807) is 29.2 Å². The molecule has 1 aromatic heterocycles. The SMILES string of the molecule is CCCN(CCC)C(=O)c1ccnc(C(=O)Nc2cc(Cl)ccc2Cl)c1. The molecule has 0 radical (unpaired) electrons. The molecule has 0 aliphatic rings. The van der Waals surface area contributed by atoms with E-state index in [-0.39, 0.29) is 11.6 Å². The maximum absolute atomic E-state index is 12.7. The van der Waals surface area contributed by atoms with E-state index in [1.807, 2.05) is 13.8 Å². The Morgan fingerprint density at radius 2 is 1.77 bits per heavy atom. The van der Waals surface area contributed by atoms with Crippen LogP contribution in [0.1, 0.15) is 47.5 Å². The van der Waals surface area contributed by atoms with Crippen LogP contribution < -0.4 is 5.32 Å². The van der Waals surface area contributed by atoms with Gasteiger partial charge in [-0.3, -0.25) is 14.6 Å². The second-order valence-electron chi connectivity index (χ2n) is 5.80. The summed E-state index contributed by atoms with van der Waals surface area (Å²) in [4.78, 5) is 31.0. The van der Waals surface area contributed by atoms with Crippen LogP contribution in [0.15, 0.2) is 36.5 Å². The third kappa shape index (κ3) is 5.19. The van der Waals surface area contributed by atoms with Crippen molar-refractivity contribution in [2.75, 3.05) is 18.4 Å². The molecule has 0 bridgehead atoms. The summed E-state index contributed by atoms with van der Waals surface area (Å²) in [6.07, 6.45) is 3.20. The summed E-state index contributed by atoms with van der Waals surface area (Å²) in [6, 6.07) is 7.90. The molecule has 5 nitrogen and oxygen atoms in total. The van der Waals surface area contributed by atoms with Gasteiger partial charge >= 0.3 is 0 Å². The van der Waals surface area contributed by atoms with E-state index in [9.17, 15) is 9.59 Å². The Morgan fingerprint density at radius 3 is 2.42 bits per heavy atom. The molecule has 2 rings (SSSR count). The van der Waals surface area contributed by atoms with Crippen LogP contribution in [0.3, 0.4) is 0 Å². The van der Waals surface area contributed by atoms with Gasteiger partial charge in [-0.1, -0.05) is 37.0 Å². The van der Waals surface area contributed by atoms with E-state index in [1.165, 1.54) is 12.3 Å². The van der Waals surface area contributed by atoms with Gasteiger partial charge < -0.3 is 10.2 Å². The van der Waals surface area contributed by atoms with Gasteiger partial charge in [0.05, 0.1) is 10.7 Å². The molecule has 1 heterocycles. The Morgan fingerprint density at radius 1 is 1.08 bits per heavy atom. The van der Waals surface area contributed by atoms with Gasteiger partial charge in [-0.05, 0) is 43.2 Å². The molecule has 138 valence electrons. The van der Waals surface area contributed by atoms with Crippen LogP contribution in [-0.2, 0) is 0 Å². The summed E-state index contributed by atoms with van der Waals surface area (Å²) in [6.45, 7) is 5.40. The van der Waals surface area contributed by atoms with Crippen LogP contribution in [0.5, 0.6) is 0 Å². The lowest BCUT2D eigenvalue weighted by Crippen LogP contribution is -2.32. The number of anilines is 1. The van der Waals surface area contributed by atoms with Crippen molar-refractivity contribution in [3.63, 3.8) is 0 Å². The highest BCUT2D eigenvalue weighted by atomic mass is 35.5. The first kappa shape index (κ1) is 20.2. The van der Waals surface area contributed by atoms with E-state index in [0.717, 1.165) is 12.8 Å². The van der Waals surface area contributed by atoms with Crippen molar-refractivity contribution in [2.24, 2.45) is 0 Å². The monoisotopic (exact) mass is 393 g/mol. The first-order valence-electron chi connectivity index (χ1n) is 8.48. The van der Waals surface area contributed by atoms with Gasteiger partial charge in [0.15, 0.2) is 0 Å². The fourth-order valence-electron chi connectivity index (χ4n) is 2.50. The smallest absolute Gasteiger partial charge is 0.274 e. The lowest BCUT2D eigenvalue weighted by Gasteiger charge is -2.21. The molecule has 1 aromatic carbocycles. The normalized spacial score (nSPS) is 10.5. The number of carbonyl (C=O) groups excluding carboxylic acids is 2. The predicted octanol–water partition coefficient (Wildman–Crippen LogP) is 4.90. The second kappa shape index (κ2) is 9.55. The number of rotatable bonds is 7. The van der Waals surface area contributed by atoms with E-state index in [4.69, 9.17) is 23.2 Å². The summed E-state index contributed by atoms with van der Waals surface area (Å²) >= 11 is 12.0. The van der Waals surface area contributed by atoms with Gasteiger partial charge in [-0.25, -0.2) is 0 Å². The van der Waals surface area contributed by atoms with Crippen LogP contribution in [-0.4, -0.2) is 34.8 Å². The van der Waals surface area contributed by atoms with Crippen molar-refractivity contribution >= 4 is 40.7 Å². The topological polar surface area (TPSA) is 62.3 Å². The molecule has 1 N–H and O–H groups in total. The van der Waals surface area contributed by atoms with Crippen LogP contribution in [0.2, 0.25) is 10.0 Å². The maximum atomic E-state index is 12.7. The van der Waals surface area contributed by atoms with Gasteiger partial charge in [0.2, 0.25) is 0 Å². The predicted molar refractivity (Wildman–Crippen MR) is 105 cm³/mol. The van der Waals surface area contributed by atoms with Crippen LogP contribution in [0.4, 0.5) is 5.69 Å². The molecule has 0 saturated carbocycles. The Bertz CT molecular complexity index is 790. The minimum absolute atomic E-state index is 0.106. The lowest BCUT2D eigenvalue weighted by atomic mass is 10.1. The zero-order valence-electron chi connectivity index (χ0n) is 14.8. The summed E-state index contributed by atoms with van der Waals surface area (Å²) in [7, 11) is 0. The highest BCUT2D eigenvalue weighted by Crippen LogP contribution is 2.25. The molecule has 0 unspecified atom stereocenters. The van der Waals surface area contributed by atoms with E-state index in [2.05, 4.69) is 10.3 Å². The fourth-order valence-corrected chi connectivity index (χ4v) is 2.84. The number of pyridine rings is 1. The minimum atomic E-state index is -0.457. The Kier molecular flexibility index (Phi) is 7.42. The molecule has 0 fully saturated rings. The van der Waals surface area contributed by atoms with Gasteiger partial charge in [0, 0.05) is 29.9 Å². The van der Waals surface area contributed by atoms with E-state index in [0.29, 0.717) is 34.4 Å². The van der Waals surface area contributed by atoms with Gasteiger partial charge in [-0.2, -0.15) is 0 Å². The molecule has 0 aliphatic carbocycles. The average molecular weight is 394 g/mol. The summed E-state index contributed by atoms with van der Waals surface area (Å²) in [5.41, 5.74) is 0.963. The van der Waals surface area contributed by atoms with Crippen molar-refractivity contribution in [3.8, 4) is 0 Å². The number of carbonyl (C=O) groups is 2. The molecule has 0 spiro atoms. The number of aromatic nitrogens is 1. The third-order valence-corrected chi connectivity index (χ3v) is 4.26. The van der Waals surface area contributed by atoms with E-state index < -0.39 is 5.91 Å². The number of nitrogens with zero attached hydrogens (tertiary/aromatic N) is 2. The zero-order valence-corrected chi connectivity index (χ0v) is 16.3. The highest BCUT2D eigenvalue weighted by molar-refractivity contribution is 6.35. The van der Waals surface area contributed by atoms with Crippen LogP contribution in [0.25, 0.3) is 0 Å². The highest BCUT2D eigenvalue weighted by Gasteiger charge is 2.17. The van der Waals surface area contributed by atoms with Crippen LogP contribution >= 0.6 is 23.2 Å². The van der Waals surface area contributed by atoms with Crippen molar-refractivity contribution in [1.29, 1.82) is 0 Å². The average Bonchev–Trinajstić information content (AvgIpc) is 2.64. The van der Waals surface area contributed by atoms with Crippen molar-refractivity contribution < 1.29 is 9.59 Å². The first-order chi connectivity index (χ1) is 12.5. The Hall–Kier alpha value is -2.11. The molecule has 7 heteroatoms. The second-order valence-corrected chi connectivity index (χ2v) is 6.64. The summed E-state index contributed by atoms with van der Waals surface area (Å²) in [5, 5.41) is 3.49. The molecule has 2 aromatic rings. The van der Waals surface area contributed by atoms with E-state index >= 15 is 0 Å². The largest absolute Gasteiger partial charge is 0.339 e. The molecule has 2 amide bonds. The molecular weight excluding hydrogens is 373 g/mol. The van der Waals surface area contributed by atoms with Crippen molar-refractivity contribution in [2.45, 2.75) is 26.7 Å². The van der Waals surface area contributed by atoms with Crippen LogP contribution in [0, 0.1) is 0 Å². The fraction of sp³-hybridized carbons (Fsp3) is 0.316. The summed E-state index contributed by atoms with van der Waals surface area (Å²) < 4.78 is 0. The molecular formula is C19H21Cl2N3O2. The quantitative estimate of drug-likeness (QED) is 0.726. The van der Waals surface area contributed by atoms with Gasteiger partial charge in [0.1, 0.15) is 5.69 Å². The molecule has 0 saturated heterocycles. The lowest BCUT2D eigenvalue weighted by molar-refractivity contribution is 0.0755. The molecule has 0 atom stereocenters. The minimum Gasteiger partial charge on any atom is -0.339 e. The number of amides is 2. The number of hydrogen-bond donors (Lipinski definition) is 1. The molecule has 26 heavy (non-hydrogen) atoms.